The van der Waals surface area contributed by atoms with Gasteiger partial charge in [0.05, 0.1) is 10.0 Å². The maximum atomic E-state index is 6.38. The van der Waals surface area contributed by atoms with Crippen LogP contribution in [-0.4, -0.2) is 7.05 Å². The van der Waals surface area contributed by atoms with Gasteiger partial charge in [-0.3, -0.25) is 0 Å². The Morgan fingerprint density at radius 1 is 1.00 bits per heavy atom. The molecule has 2 aromatic carbocycles. The summed E-state index contributed by atoms with van der Waals surface area (Å²) >= 11 is 12.5. The second-order valence-corrected chi connectivity index (χ2v) is 5.62. The van der Waals surface area contributed by atoms with Gasteiger partial charge in [0.15, 0.2) is 0 Å². The summed E-state index contributed by atoms with van der Waals surface area (Å²) in [4.78, 5) is 0. The molecule has 1 nitrogen and oxygen atoms in total. The molecule has 0 aliphatic heterocycles. The lowest BCUT2D eigenvalue weighted by molar-refractivity contribution is 0.468. The topological polar surface area (TPSA) is 12.0 Å². The van der Waals surface area contributed by atoms with E-state index in [4.69, 9.17) is 23.2 Å². The van der Waals surface area contributed by atoms with Crippen LogP contribution in [0.15, 0.2) is 48.5 Å². The molecule has 1 N–H and O–H groups in total. The molecule has 2 atom stereocenters. The largest absolute Gasteiger partial charge is 0.312 e. The fourth-order valence-corrected chi connectivity index (χ4v) is 3.12. The van der Waals surface area contributed by atoms with Crippen molar-refractivity contribution < 1.29 is 0 Å². The second-order valence-electron chi connectivity index (χ2n) is 4.83. The molecule has 0 fully saturated rings. The van der Waals surface area contributed by atoms with Crippen LogP contribution in [0.3, 0.4) is 0 Å². The lowest BCUT2D eigenvalue weighted by Crippen LogP contribution is -2.24. The third-order valence-corrected chi connectivity index (χ3v) is 4.53. The third-order valence-electron chi connectivity index (χ3n) is 3.70. The van der Waals surface area contributed by atoms with Crippen molar-refractivity contribution in [1.82, 2.24) is 5.32 Å². The van der Waals surface area contributed by atoms with Crippen molar-refractivity contribution in [2.75, 3.05) is 7.05 Å². The highest BCUT2D eigenvalue weighted by Gasteiger charge is 2.24. The van der Waals surface area contributed by atoms with Crippen LogP contribution in [0.4, 0.5) is 0 Å². The number of benzene rings is 2. The SMILES string of the molecule is CCC(c1ccccc1)C(NC)c1cccc(Cl)c1Cl. The van der Waals surface area contributed by atoms with E-state index in [-0.39, 0.29) is 6.04 Å². The molecule has 2 aromatic rings. The third kappa shape index (κ3) is 3.17. The molecule has 0 amide bonds. The van der Waals surface area contributed by atoms with Crippen LogP contribution in [0.2, 0.25) is 10.0 Å². The molecule has 106 valence electrons. The van der Waals surface area contributed by atoms with Gasteiger partial charge in [0, 0.05) is 12.0 Å². The van der Waals surface area contributed by atoms with Gasteiger partial charge >= 0.3 is 0 Å². The van der Waals surface area contributed by atoms with Gasteiger partial charge in [0.1, 0.15) is 0 Å². The lowest BCUT2D eigenvalue weighted by Gasteiger charge is -2.28. The zero-order chi connectivity index (χ0) is 14.5. The quantitative estimate of drug-likeness (QED) is 0.774. The Labute approximate surface area is 130 Å². The predicted molar refractivity (Wildman–Crippen MR) is 87.7 cm³/mol. The molecule has 0 radical (unpaired) electrons. The van der Waals surface area contributed by atoms with Crippen LogP contribution in [0.5, 0.6) is 0 Å². The van der Waals surface area contributed by atoms with E-state index in [1.165, 1.54) is 5.56 Å². The van der Waals surface area contributed by atoms with Crippen molar-refractivity contribution in [3.63, 3.8) is 0 Å². The molecule has 0 spiro atoms. The first kappa shape index (κ1) is 15.4. The van der Waals surface area contributed by atoms with E-state index in [9.17, 15) is 0 Å². The normalized spacial score (nSPS) is 14.0. The minimum Gasteiger partial charge on any atom is -0.312 e. The van der Waals surface area contributed by atoms with Gasteiger partial charge in [-0.25, -0.2) is 0 Å². The van der Waals surface area contributed by atoms with E-state index in [2.05, 4.69) is 36.5 Å². The van der Waals surface area contributed by atoms with E-state index in [1.807, 2.05) is 31.3 Å². The Hall–Kier alpha value is -1.02. The molecule has 0 aliphatic carbocycles. The molecule has 2 unspecified atom stereocenters. The average molecular weight is 308 g/mol. The number of hydrogen-bond donors (Lipinski definition) is 1. The van der Waals surface area contributed by atoms with E-state index in [0.29, 0.717) is 16.0 Å². The van der Waals surface area contributed by atoms with Gasteiger partial charge in [-0.05, 0) is 30.7 Å². The van der Waals surface area contributed by atoms with Crippen LogP contribution in [0.1, 0.15) is 36.4 Å². The molecular formula is C17H19Cl2N. The maximum absolute atomic E-state index is 6.38. The smallest absolute Gasteiger partial charge is 0.0640 e. The van der Waals surface area contributed by atoms with Crippen molar-refractivity contribution in [3.8, 4) is 0 Å². The minimum absolute atomic E-state index is 0.147. The van der Waals surface area contributed by atoms with Gasteiger partial charge in [-0.15, -0.1) is 0 Å². The van der Waals surface area contributed by atoms with Crippen molar-refractivity contribution in [1.29, 1.82) is 0 Å². The highest BCUT2D eigenvalue weighted by atomic mass is 35.5. The molecule has 20 heavy (non-hydrogen) atoms. The summed E-state index contributed by atoms with van der Waals surface area (Å²) in [6.07, 6.45) is 1.03. The van der Waals surface area contributed by atoms with Gasteiger partial charge in [-0.1, -0.05) is 72.6 Å². The first-order chi connectivity index (χ1) is 9.69. The van der Waals surface area contributed by atoms with E-state index >= 15 is 0 Å². The van der Waals surface area contributed by atoms with E-state index < -0.39 is 0 Å². The molecule has 0 saturated heterocycles. The summed E-state index contributed by atoms with van der Waals surface area (Å²) in [5.74, 6) is 0.358. The van der Waals surface area contributed by atoms with Crippen molar-refractivity contribution in [2.24, 2.45) is 0 Å². The first-order valence-electron chi connectivity index (χ1n) is 6.85. The van der Waals surface area contributed by atoms with Crippen LogP contribution in [0, 0.1) is 0 Å². The van der Waals surface area contributed by atoms with Crippen molar-refractivity contribution in [2.45, 2.75) is 25.3 Å². The highest BCUT2D eigenvalue weighted by Crippen LogP contribution is 2.38. The monoisotopic (exact) mass is 307 g/mol. The molecule has 0 aromatic heterocycles. The summed E-state index contributed by atoms with van der Waals surface area (Å²) in [6.45, 7) is 2.19. The van der Waals surface area contributed by atoms with Crippen molar-refractivity contribution in [3.05, 3.63) is 69.7 Å². The fourth-order valence-electron chi connectivity index (χ4n) is 2.70. The second kappa shape index (κ2) is 7.12. The first-order valence-corrected chi connectivity index (χ1v) is 7.60. The molecule has 3 heteroatoms. The zero-order valence-corrected chi connectivity index (χ0v) is 13.2. The van der Waals surface area contributed by atoms with E-state index in [1.54, 1.807) is 0 Å². The number of nitrogens with one attached hydrogen (secondary N) is 1. The van der Waals surface area contributed by atoms with Crippen LogP contribution >= 0.6 is 23.2 Å². The molecular weight excluding hydrogens is 289 g/mol. The molecule has 0 aliphatic rings. The number of halogens is 2. The summed E-state index contributed by atoms with van der Waals surface area (Å²) in [6, 6.07) is 16.5. The number of likely N-dealkylation sites (N-methyl/N-ethyl adjacent to an activating group) is 1. The summed E-state index contributed by atoms with van der Waals surface area (Å²) in [7, 11) is 1.97. The van der Waals surface area contributed by atoms with Gasteiger partial charge in [0.2, 0.25) is 0 Å². The van der Waals surface area contributed by atoms with Crippen molar-refractivity contribution >= 4 is 23.2 Å². The van der Waals surface area contributed by atoms with Gasteiger partial charge in [0.25, 0.3) is 0 Å². The predicted octanol–water partition coefficient (Wildman–Crippen LogP) is 5.45. The Morgan fingerprint density at radius 3 is 2.30 bits per heavy atom. The Kier molecular flexibility index (Phi) is 5.47. The zero-order valence-electron chi connectivity index (χ0n) is 11.7. The fraction of sp³-hybridized carbons (Fsp3) is 0.294. The van der Waals surface area contributed by atoms with Crippen LogP contribution in [0.25, 0.3) is 0 Å². The average Bonchev–Trinajstić information content (AvgIpc) is 2.49. The number of rotatable bonds is 5. The van der Waals surface area contributed by atoms with Crippen LogP contribution < -0.4 is 5.32 Å². The molecule has 0 saturated carbocycles. The highest BCUT2D eigenvalue weighted by molar-refractivity contribution is 6.42. The van der Waals surface area contributed by atoms with Crippen LogP contribution in [-0.2, 0) is 0 Å². The molecule has 2 rings (SSSR count). The Balaban J connectivity index is 2.42. The Morgan fingerprint density at radius 2 is 1.70 bits per heavy atom. The minimum atomic E-state index is 0.147. The van der Waals surface area contributed by atoms with Gasteiger partial charge < -0.3 is 5.32 Å². The molecule has 0 bridgehead atoms. The maximum Gasteiger partial charge on any atom is 0.0640 e. The standard InChI is InChI=1S/C17H19Cl2N/c1-3-13(12-8-5-4-6-9-12)17(20-2)14-10-7-11-15(18)16(14)19/h4-11,13,17,20H,3H2,1-2H3. The van der Waals surface area contributed by atoms with E-state index in [0.717, 1.165) is 12.0 Å². The summed E-state index contributed by atoms with van der Waals surface area (Å²) in [5.41, 5.74) is 2.36. The summed E-state index contributed by atoms with van der Waals surface area (Å²) in [5, 5.41) is 4.64. The molecule has 0 heterocycles. The lowest BCUT2D eigenvalue weighted by atomic mass is 9.85. The van der Waals surface area contributed by atoms with Gasteiger partial charge in [-0.2, -0.15) is 0 Å². The Bertz CT molecular complexity index is 554. The number of hydrogen-bond acceptors (Lipinski definition) is 1. The summed E-state index contributed by atoms with van der Waals surface area (Å²) < 4.78 is 0.